The van der Waals surface area contributed by atoms with Crippen LogP contribution in [-0.4, -0.2) is 14.2 Å². The van der Waals surface area contributed by atoms with Crippen molar-refractivity contribution in [1.82, 2.24) is 0 Å². The van der Waals surface area contributed by atoms with Crippen molar-refractivity contribution in [3.8, 4) is 23.6 Å². The van der Waals surface area contributed by atoms with Crippen molar-refractivity contribution in [2.45, 2.75) is 36.9 Å². The number of nitrogens with zero attached hydrogens (tertiary/aromatic N) is 2. The van der Waals surface area contributed by atoms with E-state index in [0.29, 0.717) is 24.0 Å². The number of rotatable bonds is 6. The lowest BCUT2D eigenvalue weighted by Crippen LogP contribution is -2.23. The Kier molecular flexibility index (Phi) is 10.1. The molecule has 4 aromatic carbocycles. The molecule has 0 saturated heterocycles. The van der Waals surface area contributed by atoms with Gasteiger partial charge in [0.25, 0.3) is 0 Å². The second-order valence-corrected chi connectivity index (χ2v) is 10.9. The molecule has 2 heterocycles. The van der Waals surface area contributed by atoms with Crippen LogP contribution in [0.25, 0.3) is 0 Å². The molecule has 4 aromatic rings. The zero-order valence-corrected chi connectivity index (χ0v) is 25.8. The molecule has 232 valence electrons. The third-order valence-corrected chi connectivity index (χ3v) is 8.29. The quantitative estimate of drug-likeness (QED) is 0.232. The molecule has 0 bridgehead atoms. The molecule has 0 spiro atoms. The molecule has 0 radical (unpaired) electrons. The van der Waals surface area contributed by atoms with Crippen LogP contribution in [0.5, 0.6) is 11.5 Å². The van der Waals surface area contributed by atoms with Crippen molar-refractivity contribution in [3.05, 3.63) is 154 Å². The molecular weight excluding hydrogens is 576 g/mol. The van der Waals surface area contributed by atoms with Crippen LogP contribution < -0.4 is 20.9 Å². The van der Waals surface area contributed by atoms with Crippen molar-refractivity contribution >= 4 is 0 Å². The number of methoxy groups -OCH3 is 2. The molecule has 46 heavy (non-hydrogen) atoms. The van der Waals surface area contributed by atoms with Crippen molar-refractivity contribution < 1.29 is 18.9 Å². The molecule has 6 rings (SSSR count). The van der Waals surface area contributed by atoms with Crippen LogP contribution in [-0.2, 0) is 9.47 Å². The fourth-order valence-corrected chi connectivity index (χ4v) is 5.82. The molecule has 2 aliphatic heterocycles. The number of hydrogen-bond acceptors (Lipinski definition) is 8. The molecule has 4 atom stereocenters. The summed E-state index contributed by atoms with van der Waals surface area (Å²) in [7, 11) is 3.26. The Labute approximate surface area is 269 Å². The van der Waals surface area contributed by atoms with Crippen LogP contribution in [0.4, 0.5) is 0 Å². The molecule has 2 aliphatic rings. The van der Waals surface area contributed by atoms with Crippen LogP contribution in [0.2, 0.25) is 0 Å². The van der Waals surface area contributed by atoms with E-state index in [0.717, 1.165) is 33.8 Å². The van der Waals surface area contributed by atoms with Gasteiger partial charge >= 0.3 is 0 Å². The number of nitrogens with two attached hydrogens (primary N) is 2. The van der Waals surface area contributed by atoms with Crippen molar-refractivity contribution in [2.75, 3.05) is 14.2 Å². The van der Waals surface area contributed by atoms with Gasteiger partial charge in [-0.2, -0.15) is 10.5 Å². The lowest BCUT2D eigenvalue weighted by atomic mass is 9.83. The minimum Gasteiger partial charge on any atom is -0.497 e. The number of ether oxygens (including phenoxy) is 4. The minimum atomic E-state index is -0.152. The Morgan fingerprint density at radius 1 is 0.543 bits per heavy atom. The summed E-state index contributed by atoms with van der Waals surface area (Å²) in [6.45, 7) is 0. The van der Waals surface area contributed by atoms with Gasteiger partial charge in [-0.1, -0.05) is 84.9 Å². The number of nitriles is 2. The molecule has 0 aromatic heterocycles. The average Bonchev–Trinajstić information content (AvgIpc) is 3.12. The van der Waals surface area contributed by atoms with E-state index in [9.17, 15) is 10.5 Å². The first-order chi connectivity index (χ1) is 22.4. The summed E-state index contributed by atoms with van der Waals surface area (Å²) in [4.78, 5) is 0. The summed E-state index contributed by atoms with van der Waals surface area (Å²) >= 11 is 0. The normalized spacial score (nSPS) is 20.5. The highest BCUT2D eigenvalue weighted by Crippen LogP contribution is 2.43. The highest BCUT2D eigenvalue weighted by Gasteiger charge is 2.33. The molecule has 0 amide bonds. The monoisotopic (exact) mass is 612 g/mol. The first-order valence-electron chi connectivity index (χ1n) is 15.0. The van der Waals surface area contributed by atoms with E-state index in [-0.39, 0.29) is 35.8 Å². The molecule has 4 N–H and O–H groups in total. The number of allylic oxidation sites excluding steroid dienone is 2. The Hall–Kier alpha value is -5.86. The van der Waals surface area contributed by atoms with E-state index in [4.69, 9.17) is 30.4 Å². The third kappa shape index (κ3) is 7.09. The number of benzene rings is 4. The van der Waals surface area contributed by atoms with E-state index < -0.39 is 0 Å². The first-order valence-corrected chi connectivity index (χ1v) is 15.0. The number of hydrogen-bond donors (Lipinski definition) is 2. The predicted molar refractivity (Wildman–Crippen MR) is 175 cm³/mol. The van der Waals surface area contributed by atoms with Crippen LogP contribution in [0.3, 0.4) is 0 Å². The van der Waals surface area contributed by atoms with Crippen molar-refractivity contribution in [3.63, 3.8) is 0 Å². The van der Waals surface area contributed by atoms with Gasteiger partial charge in [-0.3, -0.25) is 0 Å². The second-order valence-electron chi connectivity index (χ2n) is 10.9. The Balaban J connectivity index is 0.000000181. The van der Waals surface area contributed by atoms with Gasteiger partial charge in [0.15, 0.2) is 11.8 Å². The lowest BCUT2D eigenvalue weighted by molar-refractivity contribution is 0.0836. The third-order valence-electron chi connectivity index (χ3n) is 8.29. The van der Waals surface area contributed by atoms with E-state index in [1.54, 1.807) is 14.2 Å². The fourth-order valence-electron chi connectivity index (χ4n) is 5.82. The van der Waals surface area contributed by atoms with Crippen molar-refractivity contribution in [1.29, 1.82) is 10.5 Å². The van der Waals surface area contributed by atoms with Gasteiger partial charge in [-0.15, -0.1) is 0 Å². The van der Waals surface area contributed by atoms with Gasteiger partial charge in [0, 0.05) is 24.7 Å². The van der Waals surface area contributed by atoms with Gasteiger partial charge in [0.2, 0.25) is 0 Å². The maximum atomic E-state index is 9.46. The molecular formula is C38H36N4O4. The van der Waals surface area contributed by atoms with Gasteiger partial charge in [0.05, 0.1) is 25.4 Å². The Morgan fingerprint density at radius 2 is 0.891 bits per heavy atom. The maximum Gasteiger partial charge on any atom is 0.199 e. The predicted octanol–water partition coefficient (Wildman–Crippen LogP) is 7.27. The average molecular weight is 613 g/mol. The Morgan fingerprint density at radius 3 is 1.20 bits per heavy atom. The van der Waals surface area contributed by atoms with Gasteiger partial charge < -0.3 is 30.4 Å². The summed E-state index contributed by atoms with van der Waals surface area (Å²) < 4.78 is 22.0. The highest BCUT2D eigenvalue weighted by atomic mass is 16.5. The summed E-state index contributed by atoms with van der Waals surface area (Å²) in [5.74, 6) is 1.85. The van der Waals surface area contributed by atoms with Crippen molar-refractivity contribution in [2.24, 2.45) is 11.5 Å². The standard InChI is InChI=1S/2C19H18N2O2/c2*1-22-15-9-7-13(8-10-15)16-11-18(14-5-3-2-4-6-14)23-19(21)17(16)12-20/h2*2-10,16,18H,11,21H2,1H3/t16-,18+;16-,18-/m10/s1. The van der Waals surface area contributed by atoms with E-state index in [1.807, 2.05) is 109 Å². The summed E-state index contributed by atoms with van der Waals surface area (Å²) in [5, 5.41) is 18.9. The minimum absolute atomic E-state index is 0.0788. The van der Waals surface area contributed by atoms with E-state index >= 15 is 0 Å². The fraction of sp³-hybridized carbons (Fsp3) is 0.211. The topological polar surface area (TPSA) is 137 Å². The lowest BCUT2D eigenvalue weighted by Gasteiger charge is -2.31. The SMILES string of the molecule is COc1ccc([C@@H]2C[C@@H](c3ccccc3)OC(N)=C2C#N)cc1.COc1ccc([C@H]2C[C@@H](c3ccccc3)OC(N)=C2C#N)cc1. The van der Waals surface area contributed by atoms with Crippen LogP contribution in [0.15, 0.2) is 132 Å². The summed E-state index contributed by atoms with van der Waals surface area (Å²) in [5.41, 5.74) is 17.2. The molecule has 0 unspecified atom stereocenters. The van der Waals surface area contributed by atoms with E-state index in [2.05, 4.69) is 12.1 Å². The Bertz CT molecular complexity index is 1620. The van der Waals surface area contributed by atoms with Crippen LogP contribution in [0.1, 0.15) is 59.1 Å². The summed E-state index contributed by atoms with van der Waals surface area (Å²) in [6.07, 6.45) is 1.06. The molecule has 0 saturated carbocycles. The molecule has 8 nitrogen and oxygen atoms in total. The largest absolute Gasteiger partial charge is 0.497 e. The second kappa shape index (κ2) is 14.7. The van der Waals surface area contributed by atoms with Crippen LogP contribution >= 0.6 is 0 Å². The highest BCUT2D eigenvalue weighted by molar-refractivity contribution is 5.43. The first kappa shape index (κ1) is 31.6. The van der Waals surface area contributed by atoms with Crippen LogP contribution in [0, 0.1) is 22.7 Å². The smallest absolute Gasteiger partial charge is 0.199 e. The van der Waals surface area contributed by atoms with Gasteiger partial charge in [-0.05, 0) is 46.5 Å². The zero-order chi connectivity index (χ0) is 32.5. The summed E-state index contributed by atoms with van der Waals surface area (Å²) in [6, 6.07) is 39.8. The van der Waals surface area contributed by atoms with Gasteiger partial charge in [-0.25, -0.2) is 0 Å². The molecule has 0 fully saturated rings. The van der Waals surface area contributed by atoms with E-state index in [1.165, 1.54) is 0 Å². The molecule has 8 heteroatoms. The maximum absolute atomic E-state index is 9.46. The zero-order valence-electron chi connectivity index (χ0n) is 25.8. The molecule has 0 aliphatic carbocycles. The van der Waals surface area contributed by atoms with Gasteiger partial charge in [0.1, 0.15) is 35.8 Å².